The van der Waals surface area contributed by atoms with Crippen LogP contribution in [-0.4, -0.2) is 4.98 Å². The van der Waals surface area contributed by atoms with Gasteiger partial charge in [-0.25, -0.2) is 13.8 Å². The highest BCUT2D eigenvalue weighted by atomic mass is 19.1. The van der Waals surface area contributed by atoms with E-state index in [0.29, 0.717) is 0 Å². The summed E-state index contributed by atoms with van der Waals surface area (Å²) < 4.78 is 29.8. The first-order chi connectivity index (χ1) is 12.5. The first-order valence-electron chi connectivity index (χ1n) is 8.98. The third-order valence-electron chi connectivity index (χ3n) is 6.44. The Labute approximate surface area is 151 Å². The summed E-state index contributed by atoms with van der Waals surface area (Å²) in [6.45, 7) is 4.41. The zero-order valence-corrected chi connectivity index (χ0v) is 14.8. The second kappa shape index (κ2) is 4.97. The summed E-state index contributed by atoms with van der Waals surface area (Å²) in [5, 5.41) is 0. The van der Waals surface area contributed by atoms with Gasteiger partial charge < -0.3 is 0 Å². The lowest BCUT2D eigenvalue weighted by molar-refractivity contribution is -0.731. The lowest BCUT2D eigenvalue weighted by Gasteiger charge is -2.27. The lowest BCUT2D eigenvalue weighted by atomic mass is 9.80. The van der Waals surface area contributed by atoms with Gasteiger partial charge in [-0.15, -0.1) is 0 Å². The van der Waals surface area contributed by atoms with Gasteiger partial charge in [0.2, 0.25) is 5.69 Å². The Morgan fingerprint density at radius 3 is 2.54 bits per heavy atom. The maximum absolute atomic E-state index is 14.1. The van der Waals surface area contributed by atoms with Crippen LogP contribution >= 0.6 is 0 Å². The van der Waals surface area contributed by atoms with Crippen molar-refractivity contribution in [3.05, 3.63) is 72.1 Å². The molecular formula is C22H19F2N2+. The van der Waals surface area contributed by atoms with Gasteiger partial charge >= 0.3 is 0 Å². The minimum Gasteiger partial charge on any atom is -0.243 e. The predicted octanol–water partition coefficient (Wildman–Crippen LogP) is 4.76. The van der Waals surface area contributed by atoms with E-state index in [-0.39, 0.29) is 22.6 Å². The van der Waals surface area contributed by atoms with Crippen LogP contribution in [0.5, 0.6) is 0 Å². The third-order valence-corrected chi connectivity index (χ3v) is 6.44. The van der Waals surface area contributed by atoms with E-state index in [9.17, 15) is 8.78 Å². The van der Waals surface area contributed by atoms with Gasteiger partial charge in [-0.3, -0.25) is 0 Å². The van der Waals surface area contributed by atoms with Crippen molar-refractivity contribution in [1.29, 1.82) is 0 Å². The Balaban J connectivity index is 1.85. The van der Waals surface area contributed by atoms with Crippen LogP contribution in [0.3, 0.4) is 0 Å². The number of hydrogen-bond donors (Lipinski definition) is 0. The van der Waals surface area contributed by atoms with E-state index in [1.165, 1.54) is 18.2 Å². The van der Waals surface area contributed by atoms with Crippen molar-refractivity contribution >= 4 is 0 Å². The first kappa shape index (κ1) is 15.6. The monoisotopic (exact) mass is 349 g/mol. The lowest BCUT2D eigenvalue weighted by Crippen LogP contribution is -2.53. The Morgan fingerprint density at radius 1 is 1.08 bits per heavy atom. The molecule has 0 N–H and O–H groups in total. The Bertz CT molecular complexity index is 1040. The van der Waals surface area contributed by atoms with E-state index in [1.54, 1.807) is 24.4 Å². The van der Waals surface area contributed by atoms with Gasteiger partial charge in [-0.2, -0.15) is 4.57 Å². The predicted molar refractivity (Wildman–Crippen MR) is 95.5 cm³/mol. The minimum absolute atomic E-state index is 0.0382. The highest BCUT2D eigenvalue weighted by molar-refractivity contribution is 5.80. The van der Waals surface area contributed by atoms with Crippen molar-refractivity contribution in [3.8, 4) is 22.5 Å². The average Bonchev–Trinajstić information content (AvgIpc) is 3.30. The Kier molecular flexibility index (Phi) is 2.98. The van der Waals surface area contributed by atoms with Crippen LogP contribution in [0.15, 0.2) is 54.9 Å². The number of benzene rings is 2. The molecule has 1 fully saturated rings. The first-order valence-corrected chi connectivity index (χ1v) is 8.98. The molecular weight excluding hydrogens is 330 g/mol. The van der Waals surface area contributed by atoms with E-state index in [1.807, 2.05) is 12.3 Å². The smallest absolute Gasteiger partial charge is 0.239 e. The molecule has 3 aromatic rings. The molecule has 1 aromatic heterocycles. The maximum Gasteiger partial charge on any atom is 0.239 e. The van der Waals surface area contributed by atoms with E-state index >= 15 is 0 Å². The largest absolute Gasteiger partial charge is 0.243 e. The quantitative estimate of drug-likeness (QED) is 0.610. The molecule has 0 bridgehead atoms. The van der Waals surface area contributed by atoms with Gasteiger partial charge in [-0.05, 0) is 54.4 Å². The molecule has 26 heavy (non-hydrogen) atoms. The molecule has 0 radical (unpaired) electrons. The number of fused-ring (bicyclic) bond motifs is 6. The zero-order valence-electron chi connectivity index (χ0n) is 14.8. The van der Waals surface area contributed by atoms with Crippen LogP contribution < -0.4 is 4.57 Å². The fraction of sp³-hybridized carbons (Fsp3) is 0.273. The molecule has 2 atom stereocenters. The van der Waals surface area contributed by atoms with Crippen molar-refractivity contribution in [3.63, 3.8) is 0 Å². The van der Waals surface area contributed by atoms with E-state index < -0.39 is 0 Å². The van der Waals surface area contributed by atoms with E-state index in [0.717, 1.165) is 40.9 Å². The molecule has 2 nitrogen and oxygen atoms in total. The molecule has 1 aliphatic carbocycles. The van der Waals surface area contributed by atoms with Crippen molar-refractivity contribution in [2.45, 2.75) is 37.6 Å². The van der Waals surface area contributed by atoms with Gasteiger partial charge in [0, 0.05) is 18.9 Å². The second-order valence-electron chi connectivity index (χ2n) is 7.58. The van der Waals surface area contributed by atoms with Gasteiger partial charge in [0.1, 0.15) is 17.3 Å². The zero-order chi connectivity index (χ0) is 18.1. The SMILES string of the molecule is CCC12CC1(C)[n+]1ccnc(-c3ccc(F)cc3)c1-c1ccc(F)cc12. The van der Waals surface area contributed by atoms with Crippen molar-refractivity contribution in [2.24, 2.45) is 0 Å². The normalized spacial score (nSPS) is 25.2. The van der Waals surface area contributed by atoms with Crippen LogP contribution in [0.25, 0.3) is 22.5 Å². The summed E-state index contributed by atoms with van der Waals surface area (Å²) in [7, 11) is 0. The molecule has 1 saturated carbocycles. The van der Waals surface area contributed by atoms with E-state index in [4.69, 9.17) is 0 Å². The maximum atomic E-state index is 14.1. The summed E-state index contributed by atoms with van der Waals surface area (Å²) >= 11 is 0. The molecule has 4 heteroatoms. The molecule has 2 aliphatic rings. The van der Waals surface area contributed by atoms with Crippen LogP contribution in [0, 0.1) is 11.6 Å². The fourth-order valence-corrected chi connectivity index (χ4v) is 4.97. The van der Waals surface area contributed by atoms with Gasteiger partial charge in [0.15, 0.2) is 11.7 Å². The van der Waals surface area contributed by atoms with E-state index in [2.05, 4.69) is 23.4 Å². The molecule has 0 saturated heterocycles. The summed E-state index contributed by atoms with van der Waals surface area (Å²) in [5.41, 5.74) is 4.62. The molecule has 1 aliphatic heterocycles. The number of hydrogen-bond acceptors (Lipinski definition) is 1. The molecule has 0 spiro atoms. The summed E-state index contributed by atoms with van der Waals surface area (Å²) in [4.78, 5) is 4.61. The van der Waals surface area contributed by atoms with Crippen LogP contribution in [0.1, 0.15) is 32.3 Å². The number of rotatable bonds is 2. The second-order valence-corrected chi connectivity index (χ2v) is 7.58. The van der Waals surface area contributed by atoms with Crippen LogP contribution in [-0.2, 0) is 11.0 Å². The van der Waals surface area contributed by atoms with Crippen molar-refractivity contribution < 1.29 is 13.3 Å². The third kappa shape index (κ3) is 1.79. The standard InChI is InChI=1S/C22H19F2N2/c1-3-22-13-21(22,2)26-11-10-25-19(14-4-6-15(23)7-5-14)20(26)17-9-8-16(24)12-18(17)22/h4-12H,3,13H2,1-2H3/q+1. The number of halogens is 2. The topological polar surface area (TPSA) is 16.8 Å². The molecule has 5 rings (SSSR count). The minimum atomic E-state index is -0.271. The molecule has 2 aromatic carbocycles. The van der Waals surface area contributed by atoms with Gasteiger partial charge in [0.05, 0.1) is 17.2 Å². The van der Waals surface area contributed by atoms with Crippen molar-refractivity contribution in [2.75, 3.05) is 0 Å². The highest BCUT2D eigenvalue weighted by Gasteiger charge is 2.75. The number of nitrogens with zero attached hydrogens (tertiary/aromatic N) is 2. The van der Waals surface area contributed by atoms with Gasteiger partial charge in [-0.1, -0.05) is 6.92 Å². The summed E-state index contributed by atoms with van der Waals surface area (Å²) in [6, 6.07) is 11.5. The molecule has 2 heterocycles. The highest BCUT2D eigenvalue weighted by Crippen LogP contribution is 2.66. The molecule has 130 valence electrons. The average molecular weight is 349 g/mol. The Hall–Kier alpha value is -2.62. The van der Waals surface area contributed by atoms with Gasteiger partial charge in [0.25, 0.3) is 0 Å². The summed E-state index contributed by atoms with van der Waals surface area (Å²) in [6.07, 6.45) is 5.77. The molecule has 2 unspecified atom stereocenters. The fourth-order valence-electron chi connectivity index (χ4n) is 4.97. The summed E-state index contributed by atoms with van der Waals surface area (Å²) in [5.74, 6) is -0.473. The van der Waals surface area contributed by atoms with Crippen LogP contribution in [0.2, 0.25) is 0 Å². The van der Waals surface area contributed by atoms with Crippen molar-refractivity contribution in [1.82, 2.24) is 4.98 Å². The Morgan fingerprint density at radius 2 is 1.81 bits per heavy atom. The molecule has 0 amide bonds. The number of aromatic nitrogens is 2. The van der Waals surface area contributed by atoms with Crippen LogP contribution in [0.4, 0.5) is 8.78 Å².